The number of aryl methyl sites for hydroxylation is 1. The number of fused-ring (bicyclic) bond motifs is 1. The molecule has 2 atom stereocenters. The minimum atomic E-state index is -0.567. The molecule has 0 bridgehead atoms. The van der Waals surface area contributed by atoms with Gasteiger partial charge in [-0.2, -0.15) is 5.10 Å². The smallest absolute Gasteiger partial charge is 0.276 e. The largest absolute Gasteiger partial charge is 0.395 e. The summed E-state index contributed by atoms with van der Waals surface area (Å²) >= 11 is 0. The van der Waals surface area contributed by atoms with Crippen LogP contribution in [-0.2, 0) is 0 Å². The first-order chi connectivity index (χ1) is 9.51. The predicted octanol–water partition coefficient (Wildman–Crippen LogP) is 1.07. The molecule has 110 valence electrons. The van der Waals surface area contributed by atoms with Crippen LogP contribution in [0.4, 0.5) is 5.69 Å². The Kier molecular flexibility index (Phi) is 3.20. The molecule has 1 saturated carbocycles. The number of carbonyl (C=O) groups excluding carboxylic acids is 1. The summed E-state index contributed by atoms with van der Waals surface area (Å²) in [6.07, 6.45) is 4.75. The fourth-order valence-corrected chi connectivity index (χ4v) is 3.51. The molecule has 0 radical (unpaired) electrons. The van der Waals surface area contributed by atoms with Crippen molar-refractivity contribution in [1.29, 1.82) is 0 Å². The van der Waals surface area contributed by atoms with Gasteiger partial charge in [-0.1, -0.05) is 12.8 Å². The van der Waals surface area contributed by atoms with Gasteiger partial charge in [-0.15, -0.1) is 0 Å². The lowest BCUT2D eigenvalue weighted by Gasteiger charge is -2.47. The second-order valence-corrected chi connectivity index (χ2v) is 6.16. The van der Waals surface area contributed by atoms with E-state index in [2.05, 4.69) is 10.2 Å². The molecule has 6 heteroatoms. The Balaban J connectivity index is 1.76. The number of hydrogen-bond donors (Lipinski definition) is 3. The zero-order valence-electron chi connectivity index (χ0n) is 11.9. The highest BCUT2D eigenvalue weighted by Crippen LogP contribution is 2.40. The number of aromatic nitrogens is 2. The molecule has 1 amide bonds. The van der Waals surface area contributed by atoms with Crippen LogP contribution in [0.25, 0.3) is 0 Å². The first-order valence-corrected chi connectivity index (χ1v) is 7.33. The molecule has 1 aliphatic carbocycles. The minimum absolute atomic E-state index is 0.125. The number of amides is 1. The zero-order chi connectivity index (χ0) is 14.3. The highest BCUT2D eigenvalue weighted by molar-refractivity contribution is 5.97. The number of nitrogens with two attached hydrogens (primary N) is 1. The van der Waals surface area contributed by atoms with Gasteiger partial charge in [0.1, 0.15) is 0 Å². The number of nitrogens with zero attached hydrogens (tertiary/aromatic N) is 2. The van der Waals surface area contributed by atoms with Crippen LogP contribution in [0.3, 0.4) is 0 Å². The Labute approximate surface area is 118 Å². The van der Waals surface area contributed by atoms with E-state index in [-0.39, 0.29) is 11.8 Å². The van der Waals surface area contributed by atoms with E-state index < -0.39 is 5.60 Å². The molecule has 1 aromatic rings. The fourth-order valence-electron chi connectivity index (χ4n) is 3.51. The van der Waals surface area contributed by atoms with E-state index >= 15 is 0 Å². The van der Waals surface area contributed by atoms with E-state index in [4.69, 9.17) is 5.73 Å². The molecule has 20 heavy (non-hydrogen) atoms. The molecule has 0 spiro atoms. The van der Waals surface area contributed by atoms with Gasteiger partial charge >= 0.3 is 0 Å². The zero-order valence-corrected chi connectivity index (χ0v) is 11.9. The van der Waals surface area contributed by atoms with Gasteiger partial charge in [0.05, 0.1) is 17.0 Å². The third-order valence-corrected chi connectivity index (χ3v) is 4.91. The van der Waals surface area contributed by atoms with Crippen molar-refractivity contribution in [3.63, 3.8) is 0 Å². The highest BCUT2D eigenvalue weighted by atomic mass is 16.3. The second kappa shape index (κ2) is 4.77. The van der Waals surface area contributed by atoms with E-state index in [9.17, 15) is 9.90 Å². The number of rotatable bonds is 1. The lowest BCUT2D eigenvalue weighted by Crippen LogP contribution is -2.54. The number of nitrogens with one attached hydrogen (secondary N) is 1. The quantitative estimate of drug-likeness (QED) is 0.716. The Morgan fingerprint density at radius 2 is 2.30 bits per heavy atom. The van der Waals surface area contributed by atoms with Gasteiger partial charge < -0.3 is 15.7 Å². The van der Waals surface area contributed by atoms with E-state index in [0.717, 1.165) is 31.4 Å². The maximum absolute atomic E-state index is 12.5. The van der Waals surface area contributed by atoms with Gasteiger partial charge in [0, 0.05) is 19.0 Å². The summed E-state index contributed by atoms with van der Waals surface area (Å²) in [6.45, 7) is 2.99. The molecule has 1 aliphatic heterocycles. The molecular formula is C14H22N4O2. The number of piperidine rings is 1. The van der Waals surface area contributed by atoms with Gasteiger partial charge in [-0.25, -0.2) is 0 Å². The predicted molar refractivity (Wildman–Crippen MR) is 75.2 cm³/mol. The highest BCUT2D eigenvalue weighted by Gasteiger charge is 2.44. The van der Waals surface area contributed by atoms with E-state index in [0.29, 0.717) is 30.9 Å². The van der Waals surface area contributed by atoms with Crippen molar-refractivity contribution in [3.05, 3.63) is 11.4 Å². The molecule has 1 aromatic heterocycles. The average molecular weight is 278 g/mol. The molecule has 0 aromatic carbocycles. The molecule has 2 aliphatic rings. The van der Waals surface area contributed by atoms with Crippen LogP contribution in [0.15, 0.2) is 0 Å². The van der Waals surface area contributed by atoms with Crippen LogP contribution in [0.2, 0.25) is 0 Å². The van der Waals surface area contributed by atoms with Crippen LogP contribution in [0, 0.1) is 12.8 Å². The molecule has 2 fully saturated rings. The van der Waals surface area contributed by atoms with E-state index in [1.54, 1.807) is 11.8 Å². The third-order valence-electron chi connectivity index (χ3n) is 4.91. The minimum Gasteiger partial charge on any atom is -0.395 e. The molecule has 2 heterocycles. The van der Waals surface area contributed by atoms with Crippen molar-refractivity contribution in [2.24, 2.45) is 5.92 Å². The molecule has 4 N–H and O–H groups in total. The van der Waals surface area contributed by atoms with E-state index in [1.165, 1.54) is 0 Å². The number of hydrogen-bond acceptors (Lipinski definition) is 4. The van der Waals surface area contributed by atoms with Gasteiger partial charge in [0.15, 0.2) is 5.69 Å². The maximum Gasteiger partial charge on any atom is 0.276 e. The number of aromatic amines is 1. The van der Waals surface area contributed by atoms with Gasteiger partial charge in [-0.3, -0.25) is 9.89 Å². The maximum atomic E-state index is 12.5. The van der Waals surface area contributed by atoms with Crippen molar-refractivity contribution >= 4 is 11.6 Å². The number of likely N-dealkylation sites (tertiary alicyclic amines) is 1. The summed E-state index contributed by atoms with van der Waals surface area (Å²) in [5.41, 5.74) is 6.77. The molecule has 2 unspecified atom stereocenters. The summed E-state index contributed by atoms with van der Waals surface area (Å²) in [5, 5.41) is 17.4. The Bertz CT molecular complexity index is 527. The van der Waals surface area contributed by atoms with Crippen LogP contribution in [0.5, 0.6) is 0 Å². The van der Waals surface area contributed by atoms with Crippen molar-refractivity contribution in [2.75, 3.05) is 18.8 Å². The van der Waals surface area contributed by atoms with Crippen LogP contribution in [-0.4, -0.2) is 44.8 Å². The molecule has 1 saturated heterocycles. The van der Waals surface area contributed by atoms with Crippen molar-refractivity contribution < 1.29 is 9.90 Å². The summed E-state index contributed by atoms with van der Waals surface area (Å²) in [7, 11) is 0. The summed E-state index contributed by atoms with van der Waals surface area (Å²) < 4.78 is 0. The van der Waals surface area contributed by atoms with Gasteiger partial charge in [-0.05, 0) is 26.2 Å². The van der Waals surface area contributed by atoms with Gasteiger partial charge in [0.2, 0.25) is 0 Å². The molecular weight excluding hydrogens is 256 g/mol. The first kappa shape index (κ1) is 13.4. The summed E-state index contributed by atoms with van der Waals surface area (Å²) in [6, 6.07) is 0. The van der Waals surface area contributed by atoms with E-state index in [1.807, 2.05) is 0 Å². The van der Waals surface area contributed by atoms with Crippen LogP contribution < -0.4 is 5.73 Å². The van der Waals surface area contributed by atoms with Gasteiger partial charge in [0.25, 0.3) is 5.91 Å². The Morgan fingerprint density at radius 1 is 1.50 bits per heavy atom. The van der Waals surface area contributed by atoms with Crippen molar-refractivity contribution in [3.8, 4) is 0 Å². The third kappa shape index (κ3) is 2.08. The summed E-state index contributed by atoms with van der Waals surface area (Å²) in [5.74, 6) is 0.0645. The normalized spacial score (nSPS) is 30.1. The number of carbonyl (C=O) groups is 1. The Morgan fingerprint density at radius 3 is 3.00 bits per heavy atom. The number of anilines is 1. The van der Waals surface area contributed by atoms with Crippen molar-refractivity contribution in [1.82, 2.24) is 15.1 Å². The number of nitrogen functional groups attached to an aromatic ring is 1. The number of H-pyrrole nitrogens is 1. The lowest BCUT2D eigenvalue weighted by atomic mass is 9.71. The molecule has 6 nitrogen and oxygen atoms in total. The second-order valence-electron chi connectivity index (χ2n) is 6.16. The monoisotopic (exact) mass is 278 g/mol. The topological polar surface area (TPSA) is 95.2 Å². The molecule has 3 rings (SSSR count). The lowest BCUT2D eigenvalue weighted by molar-refractivity contribution is -0.0886. The first-order valence-electron chi connectivity index (χ1n) is 7.33. The van der Waals surface area contributed by atoms with Crippen molar-refractivity contribution in [2.45, 2.75) is 44.6 Å². The fraction of sp³-hybridized carbons (Fsp3) is 0.714. The summed E-state index contributed by atoms with van der Waals surface area (Å²) in [4.78, 5) is 14.3. The van der Waals surface area contributed by atoms with Crippen LogP contribution in [0.1, 0.15) is 48.3 Å². The standard InChI is InChI=1S/C14H22N4O2/c1-9-11(15)12(17-16-9)13(19)18-7-6-14(20)5-3-2-4-10(14)8-18/h10,20H,2-8,15H2,1H3,(H,16,17). The Hall–Kier alpha value is -1.56. The SMILES string of the molecule is Cc1[nH]nc(C(=O)N2CCC3(O)CCCCC3C2)c1N. The average Bonchev–Trinajstić information content (AvgIpc) is 2.77. The van der Waals surface area contributed by atoms with Crippen LogP contribution >= 0.6 is 0 Å². The number of aliphatic hydroxyl groups is 1.